The van der Waals surface area contributed by atoms with Gasteiger partial charge in [-0.15, -0.1) is 0 Å². The van der Waals surface area contributed by atoms with Gasteiger partial charge in [-0.25, -0.2) is 8.78 Å². The van der Waals surface area contributed by atoms with Crippen LogP contribution in [0.5, 0.6) is 11.5 Å². The number of piperidine rings is 1. The number of hydrogen-bond acceptors (Lipinski definition) is 5. The molecule has 1 saturated carbocycles. The summed E-state index contributed by atoms with van der Waals surface area (Å²) < 4.78 is 37.9. The predicted octanol–water partition coefficient (Wildman–Crippen LogP) is 3.85. The average Bonchev–Trinajstić information content (AvgIpc) is 3.10. The lowest BCUT2D eigenvalue weighted by Crippen LogP contribution is -2.37. The second-order valence-corrected chi connectivity index (χ2v) is 8.34. The smallest absolute Gasteiger partial charge is 0.257 e. The number of aliphatic hydroxyl groups excluding tert-OH is 1. The van der Waals surface area contributed by atoms with E-state index < -0.39 is 23.9 Å². The number of likely N-dealkylation sites (tertiary alicyclic amines) is 1. The van der Waals surface area contributed by atoms with E-state index in [1.807, 2.05) is 47.4 Å². The van der Waals surface area contributed by atoms with Gasteiger partial charge in [0.2, 0.25) is 0 Å². The molecule has 5 nitrogen and oxygen atoms in total. The molecule has 1 aromatic heterocycles. The van der Waals surface area contributed by atoms with Gasteiger partial charge in [0.05, 0.1) is 13.3 Å². The molecule has 162 valence electrons. The van der Waals surface area contributed by atoms with Gasteiger partial charge in [-0.3, -0.25) is 9.88 Å². The van der Waals surface area contributed by atoms with Gasteiger partial charge < -0.3 is 14.6 Å². The largest absolute Gasteiger partial charge is 0.495 e. The van der Waals surface area contributed by atoms with E-state index in [0.29, 0.717) is 31.1 Å². The molecule has 1 aliphatic carbocycles. The van der Waals surface area contributed by atoms with Crippen LogP contribution >= 0.6 is 0 Å². The molecule has 2 aromatic carbocycles. The zero-order valence-electron chi connectivity index (χ0n) is 17.2. The van der Waals surface area contributed by atoms with E-state index in [0.717, 1.165) is 21.9 Å². The van der Waals surface area contributed by atoms with Crippen molar-refractivity contribution in [2.45, 2.75) is 12.0 Å². The molecule has 3 atom stereocenters. The average molecular weight is 426 g/mol. The molecule has 7 heteroatoms. The Bertz CT molecular complexity index is 1090. The van der Waals surface area contributed by atoms with Crippen molar-refractivity contribution < 1.29 is 23.4 Å². The van der Waals surface area contributed by atoms with E-state index in [1.165, 1.54) is 0 Å². The normalized spacial score (nSPS) is 22.8. The Morgan fingerprint density at radius 1 is 1.13 bits per heavy atom. The van der Waals surface area contributed by atoms with E-state index >= 15 is 0 Å². The van der Waals surface area contributed by atoms with Gasteiger partial charge in [-0.05, 0) is 29.1 Å². The van der Waals surface area contributed by atoms with E-state index in [2.05, 4.69) is 4.98 Å². The molecule has 1 N–H and O–H groups in total. The van der Waals surface area contributed by atoms with Gasteiger partial charge >= 0.3 is 0 Å². The van der Waals surface area contributed by atoms with Gasteiger partial charge in [0.15, 0.2) is 0 Å². The molecule has 0 spiro atoms. The highest BCUT2D eigenvalue weighted by molar-refractivity contribution is 6.00. The summed E-state index contributed by atoms with van der Waals surface area (Å²) in [6, 6.07) is 13.7. The third-order valence-electron chi connectivity index (χ3n) is 6.32. The highest BCUT2D eigenvalue weighted by atomic mass is 19.3. The van der Waals surface area contributed by atoms with Crippen molar-refractivity contribution in [1.82, 2.24) is 9.88 Å². The van der Waals surface area contributed by atoms with Crippen LogP contribution in [0.1, 0.15) is 0 Å². The van der Waals surface area contributed by atoms with Crippen molar-refractivity contribution in [2.24, 2.45) is 11.8 Å². The quantitative estimate of drug-likeness (QED) is 0.622. The number of fused-ring (bicyclic) bond motifs is 2. The summed E-state index contributed by atoms with van der Waals surface area (Å²) in [5.74, 6) is -2.23. The van der Waals surface area contributed by atoms with Crippen LogP contribution in [0.2, 0.25) is 0 Å². The number of benzene rings is 2. The number of β-amino-alcohol motifs (C(OH)–C–C–N with tert-alkyl or cyclic N) is 1. The number of halogens is 2. The second kappa shape index (κ2) is 7.73. The maximum absolute atomic E-state index is 13.3. The van der Waals surface area contributed by atoms with Crippen LogP contribution in [0, 0.1) is 11.8 Å². The van der Waals surface area contributed by atoms with Crippen LogP contribution in [0.3, 0.4) is 0 Å². The molecular weight excluding hydrogens is 402 g/mol. The number of aliphatic hydroxyl groups is 1. The van der Waals surface area contributed by atoms with Crippen molar-refractivity contribution >= 4 is 10.8 Å². The van der Waals surface area contributed by atoms with Crippen LogP contribution < -0.4 is 9.47 Å². The van der Waals surface area contributed by atoms with E-state index in [9.17, 15) is 13.9 Å². The lowest BCUT2D eigenvalue weighted by atomic mass is 9.98. The molecule has 0 radical (unpaired) electrons. The van der Waals surface area contributed by atoms with E-state index in [4.69, 9.17) is 9.47 Å². The highest BCUT2D eigenvalue weighted by Gasteiger charge is 2.71. The Labute approximate surface area is 179 Å². The fourth-order valence-electron chi connectivity index (χ4n) is 4.60. The standard InChI is InChI=1S/C24H24F2N2O3/c1-30-17-8-15(9-27-10-17)18-6-7-23(20-5-3-2-4-19(18)20)31-14-16(29)11-28-12-21-22(13-28)24(21,25)26/h2-10,16,21-22,29H,11-14H2,1H3. The van der Waals surface area contributed by atoms with Crippen molar-refractivity contribution in [3.63, 3.8) is 0 Å². The maximum Gasteiger partial charge on any atom is 0.257 e. The van der Waals surface area contributed by atoms with Crippen LogP contribution in [-0.2, 0) is 0 Å². The molecule has 2 heterocycles. The van der Waals surface area contributed by atoms with Crippen molar-refractivity contribution in [3.8, 4) is 22.6 Å². The van der Waals surface area contributed by atoms with Crippen molar-refractivity contribution in [2.75, 3.05) is 33.4 Å². The van der Waals surface area contributed by atoms with Crippen molar-refractivity contribution in [3.05, 3.63) is 54.9 Å². The summed E-state index contributed by atoms with van der Waals surface area (Å²) >= 11 is 0. The third kappa shape index (κ3) is 3.72. The summed E-state index contributed by atoms with van der Waals surface area (Å²) in [6.07, 6.45) is 2.71. The first-order chi connectivity index (χ1) is 15.0. The molecule has 0 amide bonds. The molecule has 5 rings (SSSR count). The van der Waals surface area contributed by atoms with Gasteiger partial charge in [0, 0.05) is 48.6 Å². The molecule has 2 fully saturated rings. The molecule has 1 saturated heterocycles. The fraction of sp³-hybridized carbons (Fsp3) is 0.375. The Balaban J connectivity index is 1.29. The van der Waals surface area contributed by atoms with Gasteiger partial charge in [0.1, 0.15) is 24.2 Å². The molecule has 31 heavy (non-hydrogen) atoms. The number of rotatable bonds is 7. The Kier molecular flexibility index (Phi) is 5.02. The van der Waals surface area contributed by atoms with Crippen LogP contribution in [0.15, 0.2) is 54.9 Å². The van der Waals surface area contributed by atoms with Gasteiger partial charge in [0.25, 0.3) is 5.92 Å². The summed E-state index contributed by atoms with van der Waals surface area (Å²) in [7, 11) is 1.61. The number of alkyl halides is 2. The molecule has 3 aromatic rings. The number of ether oxygens (including phenoxy) is 2. The topological polar surface area (TPSA) is 54.8 Å². The Morgan fingerprint density at radius 2 is 1.87 bits per heavy atom. The molecule has 1 aliphatic heterocycles. The summed E-state index contributed by atoms with van der Waals surface area (Å²) in [5.41, 5.74) is 1.94. The molecule has 2 aliphatic rings. The van der Waals surface area contributed by atoms with Crippen LogP contribution in [-0.4, -0.2) is 60.4 Å². The molecule has 3 unspecified atom stereocenters. The van der Waals surface area contributed by atoms with Gasteiger partial charge in [-0.1, -0.05) is 24.3 Å². The number of aromatic nitrogens is 1. The Hall–Kier alpha value is -2.77. The number of methoxy groups -OCH3 is 1. The summed E-state index contributed by atoms with van der Waals surface area (Å²) in [4.78, 5) is 6.15. The predicted molar refractivity (Wildman–Crippen MR) is 114 cm³/mol. The minimum absolute atomic E-state index is 0.103. The minimum Gasteiger partial charge on any atom is -0.495 e. The van der Waals surface area contributed by atoms with E-state index in [-0.39, 0.29) is 6.61 Å². The zero-order valence-corrected chi connectivity index (χ0v) is 17.2. The Morgan fingerprint density at radius 3 is 2.61 bits per heavy atom. The monoisotopic (exact) mass is 426 g/mol. The summed E-state index contributed by atoms with van der Waals surface area (Å²) in [5, 5.41) is 12.3. The second-order valence-electron chi connectivity index (χ2n) is 8.34. The first kappa shape index (κ1) is 20.2. The SMILES string of the molecule is COc1cncc(-c2ccc(OCC(O)CN3CC4C(C3)C4(F)F)c3ccccc23)c1. The minimum atomic E-state index is -2.50. The van der Waals surface area contributed by atoms with E-state index in [1.54, 1.807) is 19.5 Å². The maximum atomic E-state index is 13.3. The van der Waals surface area contributed by atoms with Gasteiger partial charge in [-0.2, -0.15) is 0 Å². The number of hydrogen-bond donors (Lipinski definition) is 1. The lowest BCUT2D eigenvalue weighted by molar-refractivity contribution is 0.0304. The first-order valence-electron chi connectivity index (χ1n) is 10.4. The number of nitrogens with zero attached hydrogens (tertiary/aromatic N) is 2. The zero-order chi connectivity index (χ0) is 21.6. The first-order valence-corrected chi connectivity index (χ1v) is 10.4. The van der Waals surface area contributed by atoms with Crippen LogP contribution in [0.4, 0.5) is 8.78 Å². The number of pyridine rings is 1. The molecular formula is C24H24F2N2O3. The highest BCUT2D eigenvalue weighted by Crippen LogP contribution is 2.59. The fourth-order valence-corrected chi connectivity index (χ4v) is 4.60. The van der Waals surface area contributed by atoms with Crippen LogP contribution in [0.25, 0.3) is 21.9 Å². The van der Waals surface area contributed by atoms with Crippen molar-refractivity contribution in [1.29, 1.82) is 0 Å². The molecule has 0 bridgehead atoms. The lowest BCUT2D eigenvalue weighted by Gasteiger charge is -2.23. The third-order valence-corrected chi connectivity index (χ3v) is 6.32. The summed E-state index contributed by atoms with van der Waals surface area (Å²) in [6.45, 7) is 1.14.